The molecule has 0 amide bonds. The number of hydrogen-bond acceptors (Lipinski definition) is 3. The summed E-state index contributed by atoms with van der Waals surface area (Å²) in [6, 6.07) is 2.80. The van der Waals surface area contributed by atoms with Gasteiger partial charge in [0.25, 0.3) is 0 Å². The third-order valence-corrected chi connectivity index (χ3v) is 3.77. The molecule has 0 saturated heterocycles. The van der Waals surface area contributed by atoms with Gasteiger partial charge in [0.1, 0.15) is 0 Å². The maximum Gasteiger partial charge on any atom is 0.0701 e. The average molecular weight is 280 g/mol. The Morgan fingerprint density at radius 2 is 2.20 bits per heavy atom. The number of ether oxygens (including phenoxy) is 2. The molecular weight excluding hydrogens is 252 g/mol. The van der Waals surface area contributed by atoms with E-state index in [0.717, 1.165) is 25.6 Å². The van der Waals surface area contributed by atoms with Gasteiger partial charge in [-0.15, -0.1) is 0 Å². The summed E-state index contributed by atoms with van der Waals surface area (Å²) >= 11 is 0. The van der Waals surface area contributed by atoms with E-state index in [1.807, 2.05) is 0 Å². The molecule has 0 bridgehead atoms. The molecule has 1 aromatic heterocycles. The lowest BCUT2D eigenvalue weighted by atomic mass is 10.1. The number of methoxy groups -OCH3 is 1. The highest BCUT2D eigenvalue weighted by Gasteiger charge is 2.32. The van der Waals surface area contributed by atoms with Gasteiger partial charge >= 0.3 is 0 Å². The maximum absolute atomic E-state index is 5.51. The summed E-state index contributed by atoms with van der Waals surface area (Å²) in [4.78, 5) is 0. The first-order valence-electron chi connectivity index (χ1n) is 7.81. The highest BCUT2D eigenvalue weighted by atomic mass is 16.5. The van der Waals surface area contributed by atoms with Gasteiger partial charge in [-0.3, -0.25) is 0 Å². The molecule has 114 valence electrons. The molecule has 1 aliphatic rings. The van der Waals surface area contributed by atoms with Crippen molar-refractivity contribution in [3.8, 4) is 0 Å². The summed E-state index contributed by atoms with van der Waals surface area (Å²) in [5, 5.41) is 3.68. The van der Waals surface area contributed by atoms with Crippen molar-refractivity contribution in [1.29, 1.82) is 0 Å². The van der Waals surface area contributed by atoms with Crippen LogP contribution in [0.15, 0.2) is 18.5 Å². The molecule has 4 nitrogen and oxygen atoms in total. The number of hydrogen-bond donors (Lipinski definition) is 1. The lowest BCUT2D eigenvalue weighted by molar-refractivity contribution is 0.0666. The van der Waals surface area contributed by atoms with Crippen molar-refractivity contribution in [3.63, 3.8) is 0 Å². The Hall–Kier alpha value is -0.840. The van der Waals surface area contributed by atoms with Gasteiger partial charge in [0.05, 0.1) is 19.8 Å². The molecule has 20 heavy (non-hydrogen) atoms. The Labute approximate surface area is 122 Å². The highest BCUT2D eigenvalue weighted by molar-refractivity contribution is 5.18. The van der Waals surface area contributed by atoms with Gasteiger partial charge in [0, 0.05) is 32.1 Å². The van der Waals surface area contributed by atoms with E-state index < -0.39 is 0 Å². The van der Waals surface area contributed by atoms with Crippen LogP contribution in [0.4, 0.5) is 0 Å². The van der Waals surface area contributed by atoms with Crippen LogP contribution in [0.1, 0.15) is 37.8 Å². The fourth-order valence-corrected chi connectivity index (χ4v) is 2.48. The molecule has 1 unspecified atom stereocenters. The van der Waals surface area contributed by atoms with Gasteiger partial charge in [-0.25, -0.2) is 0 Å². The fraction of sp³-hybridized carbons (Fsp3) is 0.750. The zero-order chi connectivity index (χ0) is 14.2. The van der Waals surface area contributed by atoms with Crippen LogP contribution in [0.25, 0.3) is 0 Å². The lowest BCUT2D eigenvalue weighted by Crippen LogP contribution is -2.23. The van der Waals surface area contributed by atoms with Gasteiger partial charge in [-0.05, 0) is 43.4 Å². The second-order valence-corrected chi connectivity index (χ2v) is 5.56. The van der Waals surface area contributed by atoms with Crippen LogP contribution < -0.4 is 5.32 Å². The molecular formula is C16H28N2O2. The Morgan fingerprint density at radius 3 is 2.90 bits per heavy atom. The molecule has 1 aromatic rings. The van der Waals surface area contributed by atoms with E-state index in [0.29, 0.717) is 19.3 Å². The summed E-state index contributed by atoms with van der Waals surface area (Å²) in [5.74, 6) is 0.843. The zero-order valence-electron chi connectivity index (χ0n) is 12.8. The smallest absolute Gasteiger partial charge is 0.0701 e. The minimum absolute atomic E-state index is 0.547. The zero-order valence-corrected chi connectivity index (χ0v) is 12.8. The van der Waals surface area contributed by atoms with Crippen molar-refractivity contribution in [2.24, 2.45) is 5.92 Å². The van der Waals surface area contributed by atoms with Crippen LogP contribution in [-0.4, -0.2) is 38.0 Å². The third-order valence-electron chi connectivity index (χ3n) is 3.77. The average Bonchev–Trinajstić information content (AvgIpc) is 3.18. The summed E-state index contributed by atoms with van der Waals surface area (Å²) in [7, 11) is 1.70. The summed E-state index contributed by atoms with van der Waals surface area (Å²) < 4.78 is 12.7. The largest absolute Gasteiger partial charge is 0.382 e. The standard InChI is InChI=1S/C16H28N2O2/c1-3-7-17-16(14-4-5-14)15-6-8-18(13-15)9-10-20-12-11-19-2/h6,8,13-14,16-17H,3-5,7,9-12H2,1-2H3. The van der Waals surface area contributed by atoms with Crippen LogP contribution in [-0.2, 0) is 16.0 Å². The Kier molecular flexibility index (Phi) is 6.57. The van der Waals surface area contributed by atoms with E-state index in [9.17, 15) is 0 Å². The minimum atomic E-state index is 0.547. The van der Waals surface area contributed by atoms with Crippen LogP contribution >= 0.6 is 0 Å². The first-order chi connectivity index (χ1) is 9.85. The van der Waals surface area contributed by atoms with E-state index in [2.05, 4.69) is 35.3 Å². The molecule has 1 saturated carbocycles. The summed E-state index contributed by atoms with van der Waals surface area (Å²) in [5.41, 5.74) is 1.43. The van der Waals surface area contributed by atoms with Crippen molar-refractivity contribution >= 4 is 0 Å². The SMILES string of the molecule is CCCNC(c1ccn(CCOCCOC)c1)C1CC1. The third kappa shape index (κ3) is 4.93. The number of aromatic nitrogens is 1. The summed E-state index contributed by atoms with van der Waals surface area (Å²) in [6.07, 6.45) is 8.36. The molecule has 2 rings (SSSR count). The molecule has 1 fully saturated rings. The van der Waals surface area contributed by atoms with E-state index in [4.69, 9.17) is 9.47 Å². The second-order valence-electron chi connectivity index (χ2n) is 5.56. The normalized spacial score (nSPS) is 16.5. The van der Waals surface area contributed by atoms with Crippen molar-refractivity contribution < 1.29 is 9.47 Å². The van der Waals surface area contributed by atoms with E-state index >= 15 is 0 Å². The Morgan fingerprint density at radius 1 is 1.35 bits per heavy atom. The van der Waals surface area contributed by atoms with Gasteiger partial charge in [0.2, 0.25) is 0 Å². The molecule has 1 N–H and O–H groups in total. The van der Waals surface area contributed by atoms with E-state index in [1.54, 1.807) is 7.11 Å². The predicted octanol–water partition coefficient (Wildman–Crippen LogP) is 2.60. The van der Waals surface area contributed by atoms with Crippen molar-refractivity contribution in [2.75, 3.05) is 33.5 Å². The molecule has 1 atom stereocenters. The molecule has 1 aliphatic carbocycles. The van der Waals surface area contributed by atoms with Gasteiger partial charge in [0.15, 0.2) is 0 Å². The monoisotopic (exact) mass is 280 g/mol. The maximum atomic E-state index is 5.51. The van der Waals surface area contributed by atoms with E-state index in [1.165, 1.54) is 24.8 Å². The second kappa shape index (κ2) is 8.45. The van der Waals surface area contributed by atoms with Crippen LogP contribution in [0, 0.1) is 5.92 Å². The van der Waals surface area contributed by atoms with E-state index in [-0.39, 0.29) is 0 Å². The summed E-state index contributed by atoms with van der Waals surface area (Å²) in [6.45, 7) is 6.32. The minimum Gasteiger partial charge on any atom is -0.382 e. The van der Waals surface area contributed by atoms with Crippen molar-refractivity contribution in [1.82, 2.24) is 9.88 Å². The lowest BCUT2D eigenvalue weighted by Gasteiger charge is -2.16. The first kappa shape index (κ1) is 15.5. The first-order valence-corrected chi connectivity index (χ1v) is 7.81. The van der Waals surface area contributed by atoms with Gasteiger partial charge in [-0.1, -0.05) is 6.92 Å². The van der Waals surface area contributed by atoms with Gasteiger partial charge in [-0.2, -0.15) is 0 Å². The number of rotatable bonds is 11. The predicted molar refractivity (Wildman–Crippen MR) is 80.9 cm³/mol. The quantitative estimate of drug-likeness (QED) is 0.633. The highest BCUT2D eigenvalue weighted by Crippen LogP contribution is 2.41. The number of nitrogens with one attached hydrogen (secondary N) is 1. The Bertz CT molecular complexity index is 374. The van der Waals surface area contributed by atoms with Crippen LogP contribution in [0.2, 0.25) is 0 Å². The Balaban J connectivity index is 1.77. The van der Waals surface area contributed by atoms with Crippen LogP contribution in [0.5, 0.6) is 0 Å². The fourth-order valence-electron chi connectivity index (χ4n) is 2.48. The van der Waals surface area contributed by atoms with Gasteiger partial charge < -0.3 is 19.4 Å². The molecule has 0 radical (unpaired) electrons. The number of nitrogens with zero attached hydrogens (tertiary/aromatic N) is 1. The molecule has 0 aliphatic heterocycles. The molecule has 0 aromatic carbocycles. The van der Waals surface area contributed by atoms with Crippen molar-refractivity contribution in [3.05, 3.63) is 24.0 Å². The molecule has 0 spiro atoms. The topological polar surface area (TPSA) is 35.4 Å². The molecule has 4 heteroatoms. The van der Waals surface area contributed by atoms with Crippen LogP contribution in [0.3, 0.4) is 0 Å². The van der Waals surface area contributed by atoms with Crippen molar-refractivity contribution in [2.45, 2.75) is 38.8 Å². The molecule has 1 heterocycles.